The number of hydrogen-bond acceptors (Lipinski definition) is 13. The van der Waals surface area contributed by atoms with Gasteiger partial charge in [0.1, 0.15) is 0 Å². The minimum absolute atomic E-state index is 0.677. The summed E-state index contributed by atoms with van der Waals surface area (Å²) in [6, 6.07) is 27.6. The molecule has 0 unspecified atom stereocenters. The van der Waals surface area contributed by atoms with Crippen LogP contribution in [-0.2, 0) is 28.8 Å². The van der Waals surface area contributed by atoms with E-state index in [-0.39, 0.29) is 0 Å². The van der Waals surface area contributed by atoms with Crippen molar-refractivity contribution < 1.29 is 28.8 Å². The minimum atomic E-state index is -3.04. The molecule has 0 atom stereocenters. The Bertz CT molecular complexity index is 1560. The van der Waals surface area contributed by atoms with Crippen LogP contribution in [0.2, 0.25) is 154 Å². The van der Waals surface area contributed by atoms with Crippen LogP contribution < -0.4 is 44.8 Å². The molecule has 0 aliphatic heterocycles. The lowest BCUT2D eigenvalue weighted by Crippen LogP contribution is -2.71. The molecule has 2 rings (SSSR count). The van der Waals surface area contributed by atoms with Crippen molar-refractivity contribution >= 4 is 94.5 Å². The van der Waals surface area contributed by atoms with E-state index in [2.05, 4.69) is 166 Å². The van der Waals surface area contributed by atoms with E-state index in [1.807, 2.05) is 12.1 Å². The molecule has 0 aliphatic rings. The highest BCUT2D eigenvalue weighted by Gasteiger charge is 2.52. The second kappa shape index (κ2) is 32.7. The van der Waals surface area contributed by atoms with Gasteiger partial charge in [0.05, 0.1) is 0 Å². The maximum atomic E-state index is 7.28. The highest BCUT2D eigenvalue weighted by molar-refractivity contribution is 7.02. The van der Waals surface area contributed by atoms with Crippen molar-refractivity contribution in [3.05, 3.63) is 60.7 Å². The zero-order valence-electron chi connectivity index (χ0n) is 48.8. The second-order valence-electron chi connectivity index (χ2n) is 24.2. The van der Waals surface area contributed by atoms with Gasteiger partial charge in [-0.3, -0.25) is 0 Å². The van der Waals surface area contributed by atoms with Gasteiger partial charge in [-0.1, -0.05) is 60.7 Å². The highest BCUT2D eigenvalue weighted by Crippen LogP contribution is 2.30. The van der Waals surface area contributed by atoms with Crippen molar-refractivity contribution in [3.63, 3.8) is 0 Å². The summed E-state index contributed by atoms with van der Waals surface area (Å²) in [4.78, 5) is 0. The zero-order valence-corrected chi connectivity index (χ0v) is 58.8. The van der Waals surface area contributed by atoms with E-state index in [1.165, 1.54) is 0 Å². The summed E-state index contributed by atoms with van der Waals surface area (Å²) in [5.74, 6) is 0. The minimum Gasteiger partial charge on any atom is -0.437 e. The average molecular weight is 1170 g/mol. The summed E-state index contributed by atoms with van der Waals surface area (Å²) in [5.41, 5.74) is 34.0. The van der Waals surface area contributed by atoms with Crippen molar-refractivity contribution in [1.29, 1.82) is 0 Å². The third kappa shape index (κ3) is 32.4. The first kappa shape index (κ1) is 71.1. The molecule has 0 heterocycles. The first-order valence-electron chi connectivity index (χ1n) is 26.7. The van der Waals surface area contributed by atoms with E-state index in [0.29, 0.717) is 13.1 Å². The predicted octanol–water partition coefficient (Wildman–Crippen LogP) is 9.76. The molecule has 0 spiro atoms. The Morgan fingerprint density at radius 1 is 0.268 bits per heavy atom. The number of rotatable bonds is 34. The fraction of sp³-hybridized carbons (Fsp3) is 0.750. The number of nitrogens with two attached hydrogens (primary N) is 6. The van der Waals surface area contributed by atoms with Crippen LogP contribution in [0.5, 0.6) is 0 Å². The smallest absolute Gasteiger partial charge is 0.388 e. The van der Waals surface area contributed by atoms with Crippen molar-refractivity contribution in [2.75, 3.05) is 39.3 Å². The third-order valence-electron chi connectivity index (χ3n) is 11.6. The Labute approximate surface area is 447 Å². The van der Waals surface area contributed by atoms with Crippen LogP contribution in [0.3, 0.4) is 0 Å². The summed E-state index contributed by atoms with van der Waals surface area (Å²) >= 11 is 0. The average Bonchev–Trinajstić information content (AvgIpc) is 3.23. The van der Waals surface area contributed by atoms with E-state index in [0.717, 1.165) is 111 Å². The van der Waals surface area contributed by atoms with E-state index < -0.39 is 84.1 Å². The van der Waals surface area contributed by atoms with Gasteiger partial charge in [0.25, 0.3) is 0 Å². The van der Waals surface area contributed by atoms with E-state index >= 15 is 0 Å². The molecule has 0 aromatic heterocycles. The van der Waals surface area contributed by atoms with E-state index in [1.54, 1.807) is 0 Å². The molecule has 13 nitrogen and oxygen atoms in total. The molecular formula is C48H112N6O7Si10. The SMILES string of the molecule is C[Si](C)(CCCN)O[Si](C)(C)O[Si](C)(C)CCCN.C[Si](C)(CCCN)O[Si](C)(C)O[Si](C)(C)CCCN.C[Si](C)(CCCN)O[Si](C)(C)O[Si](O[Si](C)(C)CCCN)(c1ccccc1)c1ccccc1. The molecule has 12 N–H and O–H groups in total. The standard InChI is InChI=1S/C24H44N2O3Si4.2C12H34N2O2Si3/c1-30(2,21-13-19-25)27-32(5,6)29-33(23-15-9-7-10-16-23,24-17-11-8-12-18-24)28-31(3,4)22-14-20-26;2*1-17(2,11-7-9-13)15-19(5,6)16-18(3,4)12-8-10-14/h7-12,15-18H,13-14,19-22,25-26H2,1-6H3;2*7-14H2,1-6H3. The highest BCUT2D eigenvalue weighted by atomic mass is 28.5. The quantitative estimate of drug-likeness (QED) is 0.0360. The van der Waals surface area contributed by atoms with Gasteiger partial charge in [0, 0.05) is 0 Å². The first-order valence-corrected chi connectivity index (χ1v) is 55.7. The molecular weight excluding hydrogens is 1050 g/mol. The van der Waals surface area contributed by atoms with Crippen LogP contribution in [0.1, 0.15) is 38.5 Å². The van der Waals surface area contributed by atoms with Gasteiger partial charge in [-0.15, -0.1) is 0 Å². The van der Waals surface area contributed by atoms with Crippen LogP contribution in [-0.4, -0.2) is 123 Å². The van der Waals surface area contributed by atoms with Crippen molar-refractivity contribution in [2.45, 2.75) is 193 Å². The molecule has 71 heavy (non-hydrogen) atoms. The molecule has 0 radical (unpaired) electrons. The molecule has 2 aromatic rings. The molecule has 0 fully saturated rings. The lowest BCUT2D eigenvalue weighted by atomic mass is 10.4. The zero-order chi connectivity index (χ0) is 54.9. The second-order valence-corrected chi connectivity index (χ2v) is 64.8. The van der Waals surface area contributed by atoms with Gasteiger partial charge in [-0.2, -0.15) is 0 Å². The largest absolute Gasteiger partial charge is 0.437 e. The Kier molecular flexibility index (Phi) is 32.8. The summed E-state index contributed by atoms with van der Waals surface area (Å²) in [6.07, 6.45) is 6.16. The van der Waals surface area contributed by atoms with Gasteiger partial charge in [-0.05, 0) is 242 Å². The van der Waals surface area contributed by atoms with Crippen LogP contribution in [0.25, 0.3) is 0 Å². The Morgan fingerprint density at radius 2 is 0.451 bits per heavy atom. The maximum absolute atomic E-state index is 7.28. The van der Waals surface area contributed by atoms with Gasteiger partial charge in [-0.25, -0.2) is 0 Å². The van der Waals surface area contributed by atoms with Crippen LogP contribution >= 0.6 is 0 Å². The van der Waals surface area contributed by atoms with Gasteiger partial charge >= 0.3 is 34.2 Å². The fourth-order valence-corrected chi connectivity index (χ4v) is 56.3. The van der Waals surface area contributed by atoms with E-state index in [4.69, 9.17) is 63.2 Å². The molecule has 0 saturated heterocycles. The summed E-state index contributed by atoms with van der Waals surface area (Å²) in [7, 11) is -20.2. The number of hydrogen-bond donors (Lipinski definition) is 6. The molecule has 0 saturated carbocycles. The third-order valence-corrected chi connectivity index (χ3v) is 50.5. The van der Waals surface area contributed by atoms with Crippen LogP contribution in [0, 0.1) is 0 Å². The Morgan fingerprint density at radius 3 is 0.648 bits per heavy atom. The van der Waals surface area contributed by atoms with E-state index in [9.17, 15) is 0 Å². The fourth-order valence-electron chi connectivity index (χ4n) is 9.34. The Hall–Kier alpha value is 0.0888. The van der Waals surface area contributed by atoms with Crippen molar-refractivity contribution in [3.8, 4) is 0 Å². The summed E-state index contributed by atoms with van der Waals surface area (Å²) < 4.78 is 47.2. The summed E-state index contributed by atoms with van der Waals surface area (Å²) in [6.45, 7) is 44.8. The first-order chi connectivity index (χ1) is 32.5. The lowest BCUT2D eigenvalue weighted by molar-refractivity contribution is 0.339. The molecule has 0 aliphatic carbocycles. The van der Waals surface area contributed by atoms with Gasteiger partial charge in [0.2, 0.25) is 0 Å². The van der Waals surface area contributed by atoms with Crippen molar-refractivity contribution in [1.82, 2.24) is 0 Å². The molecule has 2 aromatic carbocycles. The van der Waals surface area contributed by atoms with Gasteiger partial charge in [0.15, 0.2) is 49.9 Å². The van der Waals surface area contributed by atoms with Crippen LogP contribution in [0.15, 0.2) is 60.7 Å². The molecule has 23 heteroatoms. The van der Waals surface area contributed by atoms with Crippen molar-refractivity contribution in [2.24, 2.45) is 34.4 Å². The molecule has 0 amide bonds. The topological polar surface area (TPSA) is 221 Å². The monoisotopic (exact) mass is 1160 g/mol. The maximum Gasteiger partial charge on any atom is 0.388 e. The van der Waals surface area contributed by atoms with Crippen LogP contribution in [0.4, 0.5) is 0 Å². The summed E-state index contributed by atoms with van der Waals surface area (Å²) in [5, 5.41) is 2.27. The Balaban J connectivity index is 0.00000111. The lowest BCUT2D eigenvalue weighted by Gasteiger charge is -2.44. The van der Waals surface area contributed by atoms with Gasteiger partial charge < -0.3 is 63.2 Å². The molecule has 416 valence electrons. The number of benzene rings is 2. The molecule has 0 bridgehead atoms. The predicted molar refractivity (Wildman–Crippen MR) is 334 cm³/mol. The normalized spacial score (nSPS) is 13.6.